The van der Waals surface area contributed by atoms with Crippen LogP contribution in [0.1, 0.15) is 19.3 Å². The van der Waals surface area contributed by atoms with Crippen LogP contribution in [0.2, 0.25) is 0 Å². The van der Waals surface area contributed by atoms with Gasteiger partial charge in [0.25, 0.3) is 0 Å². The Bertz CT molecular complexity index is 388. The Morgan fingerprint density at radius 1 is 1.44 bits per heavy atom. The molecule has 1 heterocycles. The van der Waals surface area contributed by atoms with E-state index in [1.807, 2.05) is 0 Å². The molecule has 1 aromatic rings. The summed E-state index contributed by atoms with van der Waals surface area (Å²) in [6.07, 6.45) is 3.53. The van der Waals surface area contributed by atoms with Crippen molar-refractivity contribution in [2.45, 2.75) is 19.3 Å². The first-order valence-corrected chi connectivity index (χ1v) is 5.21. The number of carbonyl (C=O) groups is 2. The Labute approximate surface area is 92.0 Å². The lowest BCUT2D eigenvalue weighted by atomic mass is 9.95. The molecule has 6 heteroatoms. The SMILES string of the molecule is O=C(O)[C@H]1CCC[C@H]1C(=O)Nc1ccn[nH]1. The number of amides is 1. The van der Waals surface area contributed by atoms with Crippen molar-refractivity contribution in [3.63, 3.8) is 0 Å². The van der Waals surface area contributed by atoms with Gasteiger partial charge in [-0.05, 0) is 12.8 Å². The molecule has 3 N–H and O–H groups in total. The van der Waals surface area contributed by atoms with E-state index in [4.69, 9.17) is 5.11 Å². The Hall–Kier alpha value is -1.85. The molecule has 2 rings (SSSR count). The first kappa shape index (κ1) is 10.7. The van der Waals surface area contributed by atoms with Crippen LogP contribution in [-0.2, 0) is 9.59 Å². The molecule has 1 aliphatic rings. The molecule has 1 aromatic heterocycles. The molecule has 0 radical (unpaired) electrons. The Kier molecular flexibility index (Phi) is 2.89. The minimum absolute atomic E-state index is 0.242. The van der Waals surface area contributed by atoms with Gasteiger partial charge >= 0.3 is 5.97 Å². The summed E-state index contributed by atoms with van der Waals surface area (Å²) in [6.45, 7) is 0. The molecule has 2 atom stereocenters. The molecule has 1 saturated carbocycles. The quantitative estimate of drug-likeness (QED) is 0.707. The zero-order valence-corrected chi connectivity index (χ0v) is 8.64. The maximum atomic E-state index is 11.8. The minimum atomic E-state index is -0.887. The van der Waals surface area contributed by atoms with Gasteiger partial charge in [0.15, 0.2) is 0 Å². The highest BCUT2D eigenvalue weighted by Crippen LogP contribution is 2.32. The van der Waals surface area contributed by atoms with E-state index in [2.05, 4.69) is 15.5 Å². The van der Waals surface area contributed by atoms with E-state index in [-0.39, 0.29) is 5.91 Å². The number of anilines is 1. The number of carboxylic acids is 1. The van der Waals surface area contributed by atoms with Gasteiger partial charge in [-0.3, -0.25) is 14.7 Å². The summed E-state index contributed by atoms with van der Waals surface area (Å²) in [5.74, 6) is -1.61. The summed E-state index contributed by atoms with van der Waals surface area (Å²) in [7, 11) is 0. The number of carboxylic acid groups (broad SMARTS) is 1. The largest absolute Gasteiger partial charge is 0.481 e. The fraction of sp³-hybridized carbons (Fsp3) is 0.500. The second kappa shape index (κ2) is 4.34. The van der Waals surface area contributed by atoms with E-state index in [0.717, 1.165) is 6.42 Å². The Morgan fingerprint density at radius 3 is 2.81 bits per heavy atom. The molecule has 1 amide bonds. The summed E-state index contributed by atoms with van der Waals surface area (Å²) >= 11 is 0. The predicted octanol–water partition coefficient (Wildman–Crippen LogP) is 0.849. The van der Waals surface area contributed by atoms with Crippen LogP contribution in [-0.4, -0.2) is 27.2 Å². The molecule has 6 nitrogen and oxygen atoms in total. The van der Waals surface area contributed by atoms with Crippen LogP contribution in [0.5, 0.6) is 0 Å². The molecular formula is C10H13N3O3. The van der Waals surface area contributed by atoms with E-state index in [9.17, 15) is 9.59 Å². The monoisotopic (exact) mass is 223 g/mol. The van der Waals surface area contributed by atoms with Crippen LogP contribution in [0, 0.1) is 11.8 Å². The number of aromatic amines is 1. The Balaban J connectivity index is 2.01. The van der Waals surface area contributed by atoms with Crippen molar-refractivity contribution in [3.05, 3.63) is 12.3 Å². The number of rotatable bonds is 3. The summed E-state index contributed by atoms with van der Waals surface area (Å²) in [5, 5.41) is 17.9. The van der Waals surface area contributed by atoms with Crippen LogP contribution in [0.3, 0.4) is 0 Å². The maximum absolute atomic E-state index is 11.8. The molecule has 16 heavy (non-hydrogen) atoms. The number of carbonyl (C=O) groups excluding carboxylic acids is 1. The number of nitrogens with one attached hydrogen (secondary N) is 2. The molecule has 0 unspecified atom stereocenters. The standard InChI is InChI=1S/C10H13N3O3/c14-9(12-8-4-5-11-13-8)6-2-1-3-7(6)10(15)16/h4-7H,1-3H2,(H,15,16)(H2,11,12,13,14)/t6-,7+/m1/s1. The summed E-state index contributed by atoms with van der Waals surface area (Å²) in [5.41, 5.74) is 0. The van der Waals surface area contributed by atoms with Crippen molar-refractivity contribution in [1.82, 2.24) is 10.2 Å². The summed E-state index contributed by atoms with van der Waals surface area (Å²) in [4.78, 5) is 22.7. The average Bonchev–Trinajstić information content (AvgIpc) is 2.86. The lowest BCUT2D eigenvalue weighted by Crippen LogP contribution is -2.30. The predicted molar refractivity (Wildman–Crippen MR) is 55.7 cm³/mol. The molecular weight excluding hydrogens is 210 g/mol. The molecule has 0 bridgehead atoms. The highest BCUT2D eigenvalue weighted by Gasteiger charge is 2.37. The van der Waals surface area contributed by atoms with Crippen LogP contribution < -0.4 is 5.32 Å². The third kappa shape index (κ3) is 2.05. The van der Waals surface area contributed by atoms with E-state index in [1.54, 1.807) is 6.07 Å². The molecule has 0 aliphatic heterocycles. The van der Waals surface area contributed by atoms with E-state index in [1.165, 1.54) is 6.20 Å². The highest BCUT2D eigenvalue weighted by molar-refractivity contribution is 5.94. The number of aromatic nitrogens is 2. The van der Waals surface area contributed by atoms with Crippen molar-refractivity contribution in [3.8, 4) is 0 Å². The first-order chi connectivity index (χ1) is 7.68. The molecule has 1 aliphatic carbocycles. The molecule has 1 fully saturated rings. The lowest BCUT2D eigenvalue weighted by molar-refractivity contribution is -0.145. The van der Waals surface area contributed by atoms with Gasteiger partial charge in [-0.1, -0.05) is 6.42 Å². The van der Waals surface area contributed by atoms with Gasteiger partial charge in [0.1, 0.15) is 5.82 Å². The van der Waals surface area contributed by atoms with E-state index >= 15 is 0 Å². The molecule has 0 aromatic carbocycles. The molecule has 0 spiro atoms. The van der Waals surface area contributed by atoms with Gasteiger partial charge in [-0.15, -0.1) is 0 Å². The number of H-pyrrole nitrogens is 1. The van der Waals surface area contributed by atoms with Gasteiger partial charge < -0.3 is 10.4 Å². The van der Waals surface area contributed by atoms with Crippen LogP contribution in [0.15, 0.2) is 12.3 Å². The van der Waals surface area contributed by atoms with Crippen molar-refractivity contribution >= 4 is 17.7 Å². The van der Waals surface area contributed by atoms with Crippen LogP contribution in [0.4, 0.5) is 5.82 Å². The Morgan fingerprint density at radius 2 is 2.19 bits per heavy atom. The topological polar surface area (TPSA) is 95.1 Å². The van der Waals surface area contributed by atoms with E-state index < -0.39 is 17.8 Å². The fourth-order valence-corrected chi connectivity index (χ4v) is 2.12. The number of hydrogen-bond donors (Lipinski definition) is 3. The van der Waals surface area contributed by atoms with Gasteiger partial charge in [-0.2, -0.15) is 5.10 Å². The molecule has 86 valence electrons. The fourth-order valence-electron chi connectivity index (χ4n) is 2.12. The number of nitrogens with zero attached hydrogens (tertiary/aromatic N) is 1. The minimum Gasteiger partial charge on any atom is -0.481 e. The van der Waals surface area contributed by atoms with Crippen molar-refractivity contribution < 1.29 is 14.7 Å². The van der Waals surface area contributed by atoms with Gasteiger partial charge in [0.2, 0.25) is 5.91 Å². The third-order valence-corrected chi connectivity index (χ3v) is 2.93. The first-order valence-electron chi connectivity index (χ1n) is 5.21. The van der Waals surface area contributed by atoms with Crippen molar-refractivity contribution in [2.75, 3.05) is 5.32 Å². The van der Waals surface area contributed by atoms with Gasteiger partial charge in [-0.25, -0.2) is 0 Å². The maximum Gasteiger partial charge on any atom is 0.307 e. The van der Waals surface area contributed by atoms with Crippen LogP contribution >= 0.6 is 0 Å². The van der Waals surface area contributed by atoms with E-state index in [0.29, 0.717) is 18.7 Å². The lowest BCUT2D eigenvalue weighted by Gasteiger charge is -2.14. The van der Waals surface area contributed by atoms with Gasteiger partial charge in [0.05, 0.1) is 18.0 Å². The third-order valence-electron chi connectivity index (χ3n) is 2.93. The molecule has 0 saturated heterocycles. The number of aliphatic carboxylic acids is 1. The van der Waals surface area contributed by atoms with Crippen molar-refractivity contribution in [1.29, 1.82) is 0 Å². The highest BCUT2D eigenvalue weighted by atomic mass is 16.4. The zero-order chi connectivity index (χ0) is 11.5. The number of hydrogen-bond acceptors (Lipinski definition) is 3. The normalized spacial score (nSPS) is 24.2. The van der Waals surface area contributed by atoms with Gasteiger partial charge in [0, 0.05) is 6.07 Å². The average molecular weight is 223 g/mol. The van der Waals surface area contributed by atoms with Crippen molar-refractivity contribution in [2.24, 2.45) is 11.8 Å². The van der Waals surface area contributed by atoms with Crippen LogP contribution in [0.25, 0.3) is 0 Å². The smallest absolute Gasteiger partial charge is 0.307 e. The zero-order valence-electron chi connectivity index (χ0n) is 8.64. The second-order valence-electron chi connectivity index (χ2n) is 3.94. The summed E-state index contributed by atoms with van der Waals surface area (Å²) < 4.78 is 0. The summed E-state index contributed by atoms with van der Waals surface area (Å²) in [6, 6.07) is 1.63. The second-order valence-corrected chi connectivity index (χ2v) is 3.94.